The molecule has 0 radical (unpaired) electrons. The predicted molar refractivity (Wildman–Crippen MR) is 126 cm³/mol. The van der Waals surface area contributed by atoms with E-state index in [1.54, 1.807) is 72.7 Å². The molecule has 4 aromatic rings. The van der Waals surface area contributed by atoms with Crippen molar-refractivity contribution in [1.82, 2.24) is 14.8 Å². The molecule has 8 nitrogen and oxygen atoms in total. The molecule has 0 saturated carbocycles. The Hall–Kier alpha value is -3.91. The highest BCUT2D eigenvalue weighted by Gasteiger charge is 2.15. The smallest absolute Gasteiger partial charge is 0.248 e. The van der Waals surface area contributed by atoms with Crippen molar-refractivity contribution in [3.63, 3.8) is 0 Å². The molecule has 9 heteroatoms. The minimum atomic E-state index is -0.461. The van der Waals surface area contributed by atoms with Gasteiger partial charge in [0.25, 0.3) is 0 Å². The quantitative estimate of drug-likeness (QED) is 0.384. The van der Waals surface area contributed by atoms with E-state index < -0.39 is 6.04 Å². The Morgan fingerprint density at radius 2 is 1.85 bits per heavy atom. The molecule has 0 fully saturated rings. The molecule has 4 rings (SSSR count). The summed E-state index contributed by atoms with van der Waals surface area (Å²) in [6.07, 6.45) is 5.54. The summed E-state index contributed by atoms with van der Waals surface area (Å²) in [6, 6.07) is 15.5. The molecule has 168 valence electrons. The Labute approximate surface area is 195 Å². The molecule has 0 spiro atoms. The van der Waals surface area contributed by atoms with E-state index in [2.05, 4.69) is 20.7 Å². The summed E-state index contributed by atoms with van der Waals surface area (Å²) in [5, 5.41) is 10.4. The van der Waals surface area contributed by atoms with Crippen molar-refractivity contribution in [2.45, 2.75) is 25.8 Å². The maximum Gasteiger partial charge on any atom is 0.248 e. The molecule has 0 bridgehead atoms. The van der Waals surface area contributed by atoms with Gasteiger partial charge in [-0.05, 0) is 55.5 Å². The van der Waals surface area contributed by atoms with Crippen molar-refractivity contribution >= 4 is 34.8 Å². The highest BCUT2D eigenvalue weighted by atomic mass is 35.5. The van der Waals surface area contributed by atoms with Gasteiger partial charge in [0.1, 0.15) is 6.04 Å². The number of aryl methyl sites for hydroxylation is 1. The van der Waals surface area contributed by atoms with Gasteiger partial charge in [0, 0.05) is 47.2 Å². The lowest BCUT2D eigenvalue weighted by Crippen LogP contribution is -2.24. The van der Waals surface area contributed by atoms with Crippen molar-refractivity contribution < 1.29 is 14.0 Å². The molecule has 33 heavy (non-hydrogen) atoms. The third kappa shape index (κ3) is 5.87. The SMILES string of the molecule is CC(C(=O)Nc1cccc(NC(=O)CCc2ncc(-c3ccc(Cl)cc3)o2)c1)n1cccn1. The van der Waals surface area contributed by atoms with Crippen LogP contribution in [0.1, 0.15) is 25.3 Å². The number of amides is 2. The van der Waals surface area contributed by atoms with E-state index in [0.29, 0.717) is 34.5 Å². The predicted octanol–water partition coefficient (Wildman–Crippen LogP) is 4.96. The van der Waals surface area contributed by atoms with E-state index in [-0.39, 0.29) is 18.2 Å². The lowest BCUT2D eigenvalue weighted by atomic mass is 10.2. The number of oxazole rings is 1. The summed E-state index contributed by atoms with van der Waals surface area (Å²) >= 11 is 5.91. The van der Waals surface area contributed by atoms with Gasteiger partial charge in [-0.1, -0.05) is 17.7 Å². The lowest BCUT2D eigenvalue weighted by molar-refractivity contribution is -0.119. The van der Waals surface area contributed by atoms with Gasteiger partial charge in [-0.25, -0.2) is 4.98 Å². The largest absolute Gasteiger partial charge is 0.441 e. The molecular formula is C24H22ClN5O3. The number of carbonyl (C=O) groups excluding carboxylic acids is 2. The van der Waals surface area contributed by atoms with E-state index in [1.165, 1.54) is 0 Å². The van der Waals surface area contributed by atoms with Crippen LogP contribution in [0.5, 0.6) is 0 Å². The highest BCUT2D eigenvalue weighted by molar-refractivity contribution is 6.30. The van der Waals surface area contributed by atoms with Crippen LogP contribution in [0.15, 0.2) is 77.6 Å². The van der Waals surface area contributed by atoms with Gasteiger partial charge in [0.2, 0.25) is 11.8 Å². The molecule has 2 N–H and O–H groups in total. The molecule has 1 unspecified atom stereocenters. The first-order valence-corrected chi connectivity index (χ1v) is 10.8. The number of rotatable bonds is 8. The number of nitrogens with zero attached hydrogens (tertiary/aromatic N) is 3. The zero-order valence-corrected chi connectivity index (χ0v) is 18.6. The third-order valence-corrected chi connectivity index (χ3v) is 5.22. The zero-order chi connectivity index (χ0) is 23.2. The topological polar surface area (TPSA) is 102 Å². The van der Waals surface area contributed by atoms with E-state index in [4.69, 9.17) is 16.0 Å². The Morgan fingerprint density at radius 3 is 2.58 bits per heavy atom. The fourth-order valence-corrected chi connectivity index (χ4v) is 3.29. The normalized spacial score (nSPS) is 11.7. The van der Waals surface area contributed by atoms with Crippen LogP contribution in [0.3, 0.4) is 0 Å². The van der Waals surface area contributed by atoms with Gasteiger partial charge >= 0.3 is 0 Å². The summed E-state index contributed by atoms with van der Waals surface area (Å²) in [5.41, 5.74) is 2.03. The summed E-state index contributed by atoms with van der Waals surface area (Å²) < 4.78 is 7.31. The molecule has 0 aliphatic carbocycles. The zero-order valence-electron chi connectivity index (χ0n) is 17.9. The molecule has 1 atom stereocenters. The fourth-order valence-electron chi connectivity index (χ4n) is 3.17. The van der Waals surface area contributed by atoms with Crippen molar-refractivity contribution in [2.24, 2.45) is 0 Å². The Balaban J connectivity index is 1.30. The minimum Gasteiger partial charge on any atom is -0.441 e. The van der Waals surface area contributed by atoms with E-state index in [0.717, 1.165) is 5.56 Å². The van der Waals surface area contributed by atoms with E-state index in [1.807, 2.05) is 12.1 Å². The van der Waals surface area contributed by atoms with Crippen molar-refractivity contribution in [3.05, 3.63) is 84.1 Å². The third-order valence-electron chi connectivity index (χ3n) is 4.96. The van der Waals surface area contributed by atoms with Gasteiger partial charge in [-0.2, -0.15) is 5.10 Å². The summed E-state index contributed by atoms with van der Waals surface area (Å²) in [5.74, 6) is 0.704. The average molecular weight is 464 g/mol. The second-order valence-electron chi connectivity index (χ2n) is 7.41. The van der Waals surface area contributed by atoms with Crippen LogP contribution in [0, 0.1) is 0 Å². The van der Waals surface area contributed by atoms with Gasteiger partial charge in [-0.3, -0.25) is 14.3 Å². The summed E-state index contributed by atoms with van der Waals surface area (Å²) in [7, 11) is 0. The summed E-state index contributed by atoms with van der Waals surface area (Å²) in [4.78, 5) is 29.1. The van der Waals surface area contributed by atoms with Crippen LogP contribution in [0.4, 0.5) is 11.4 Å². The molecular weight excluding hydrogens is 442 g/mol. The second kappa shape index (κ2) is 10.1. The fraction of sp³-hybridized carbons (Fsp3) is 0.167. The Kier molecular flexibility index (Phi) is 6.85. The first kappa shape index (κ1) is 22.3. The van der Waals surface area contributed by atoms with Gasteiger partial charge in [0.15, 0.2) is 11.7 Å². The van der Waals surface area contributed by atoms with E-state index in [9.17, 15) is 9.59 Å². The first-order valence-electron chi connectivity index (χ1n) is 10.4. The van der Waals surface area contributed by atoms with Crippen LogP contribution in [0.25, 0.3) is 11.3 Å². The van der Waals surface area contributed by atoms with Crippen molar-refractivity contribution in [2.75, 3.05) is 10.6 Å². The number of hydrogen-bond acceptors (Lipinski definition) is 5. The Bertz CT molecular complexity index is 1240. The van der Waals surface area contributed by atoms with Crippen LogP contribution in [-0.4, -0.2) is 26.6 Å². The number of carbonyl (C=O) groups is 2. The molecule has 2 heterocycles. The number of halogens is 1. The minimum absolute atomic E-state index is 0.186. The van der Waals surface area contributed by atoms with Crippen LogP contribution in [0.2, 0.25) is 5.02 Å². The van der Waals surface area contributed by atoms with Gasteiger partial charge in [-0.15, -0.1) is 0 Å². The van der Waals surface area contributed by atoms with Crippen LogP contribution in [-0.2, 0) is 16.0 Å². The number of anilines is 2. The number of benzene rings is 2. The average Bonchev–Trinajstić information content (AvgIpc) is 3.50. The molecule has 2 amide bonds. The maximum absolute atomic E-state index is 12.4. The monoisotopic (exact) mass is 463 g/mol. The highest BCUT2D eigenvalue weighted by Crippen LogP contribution is 2.23. The van der Waals surface area contributed by atoms with Crippen LogP contribution >= 0.6 is 11.6 Å². The molecule has 2 aromatic carbocycles. The number of hydrogen-bond donors (Lipinski definition) is 2. The van der Waals surface area contributed by atoms with Crippen molar-refractivity contribution in [1.29, 1.82) is 0 Å². The molecule has 2 aromatic heterocycles. The first-order chi connectivity index (χ1) is 16.0. The Morgan fingerprint density at radius 1 is 1.09 bits per heavy atom. The van der Waals surface area contributed by atoms with Crippen LogP contribution < -0.4 is 10.6 Å². The number of aromatic nitrogens is 3. The standard InChI is InChI=1S/C24H22ClN5O3/c1-16(30-13-3-12-27-30)24(32)29-20-5-2-4-19(14-20)28-22(31)10-11-23-26-15-21(33-23)17-6-8-18(25)9-7-17/h2-9,12-16H,10-11H2,1H3,(H,28,31)(H,29,32). The van der Waals surface area contributed by atoms with E-state index >= 15 is 0 Å². The number of nitrogens with one attached hydrogen (secondary N) is 2. The van der Waals surface area contributed by atoms with Gasteiger partial charge < -0.3 is 15.1 Å². The molecule has 0 aliphatic heterocycles. The summed E-state index contributed by atoms with van der Waals surface area (Å²) in [6.45, 7) is 1.76. The van der Waals surface area contributed by atoms with Crippen molar-refractivity contribution in [3.8, 4) is 11.3 Å². The maximum atomic E-state index is 12.4. The second-order valence-corrected chi connectivity index (χ2v) is 7.84. The lowest BCUT2D eigenvalue weighted by Gasteiger charge is -2.13. The van der Waals surface area contributed by atoms with Gasteiger partial charge in [0.05, 0.1) is 6.20 Å². The molecule has 0 saturated heterocycles. The molecule has 0 aliphatic rings.